The Bertz CT molecular complexity index is 356. The van der Waals surface area contributed by atoms with Gasteiger partial charge in [-0.05, 0) is 42.9 Å². The van der Waals surface area contributed by atoms with Crippen molar-refractivity contribution in [3.05, 3.63) is 29.3 Å². The predicted octanol–water partition coefficient (Wildman–Crippen LogP) is 3.67. The van der Waals surface area contributed by atoms with Gasteiger partial charge >= 0.3 is 0 Å². The Morgan fingerprint density at radius 2 is 2.00 bits per heavy atom. The van der Waals surface area contributed by atoms with Crippen molar-refractivity contribution in [2.24, 2.45) is 5.92 Å². The average Bonchev–Trinajstić information content (AvgIpc) is 2.36. The minimum Gasteiger partial charge on any atom is -0.399 e. The summed E-state index contributed by atoms with van der Waals surface area (Å²) in [7, 11) is 0. The molecule has 1 saturated carbocycles. The second-order valence-electron chi connectivity index (χ2n) is 5.15. The molecule has 0 radical (unpaired) electrons. The van der Waals surface area contributed by atoms with E-state index >= 15 is 0 Å². The van der Waals surface area contributed by atoms with E-state index in [1.54, 1.807) is 0 Å². The first kappa shape index (κ1) is 12.4. The van der Waals surface area contributed by atoms with E-state index in [9.17, 15) is 0 Å². The van der Waals surface area contributed by atoms with E-state index in [1.165, 1.54) is 37.7 Å². The lowest BCUT2D eigenvalue weighted by Crippen LogP contribution is -2.13. The summed E-state index contributed by atoms with van der Waals surface area (Å²) in [5.41, 5.74) is 9.13. The lowest BCUT2D eigenvalue weighted by molar-refractivity contribution is 0.0737. The molecule has 2 N–H and O–H groups in total. The minimum atomic E-state index is 0.702. The number of ether oxygens (including phenoxy) is 1. The first-order chi connectivity index (χ1) is 8.27. The summed E-state index contributed by atoms with van der Waals surface area (Å²) < 4.78 is 5.84. The second-order valence-corrected chi connectivity index (χ2v) is 5.15. The zero-order valence-electron chi connectivity index (χ0n) is 10.7. The first-order valence-electron chi connectivity index (χ1n) is 6.69. The van der Waals surface area contributed by atoms with Crippen LogP contribution in [0.15, 0.2) is 18.2 Å². The summed E-state index contributed by atoms with van der Waals surface area (Å²) >= 11 is 0. The Balaban J connectivity index is 1.79. The van der Waals surface area contributed by atoms with Gasteiger partial charge in [0.05, 0.1) is 6.61 Å². The largest absolute Gasteiger partial charge is 0.399 e. The Morgan fingerprint density at radius 3 is 2.76 bits per heavy atom. The van der Waals surface area contributed by atoms with Gasteiger partial charge in [-0.1, -0.05) is 31.4 Å². The Morgan fingerprint density at radius 1 is 1.24 bits per heavy atom. The van der Waals surface area contributed by atoms with Crippen LogP contribution in [0.3, 0.4) is 0 Å². The van der Waals surface area contributed by atoms with Crippen molar-refractivity contribution in [3.63, 3.8) is 0 Å². The molecule has 0 aliphatic heterocycles. The number of nitrogen functional groups attached to an aromatic ring is 1. The van der Waals surface area contributed by atoms with Gasteiger partial charge in [-0.25, -0.2) is 0 Å². The van der Waals surface area contributed by atoms with Gasteiger partial charge in [-0.2, -0.15) is 0 Å². The van der Waals surface area contributed by atoms with E-state index in [2.05, 4.69) is 13.0 Å². The van der Waals surface area contributed by atoms with Crippen molar-refractivity contribution < 1.29 is 4.74 Å². The maximum atomic E-state index is 5.88. The fraction of sp³-hybridized carbons (Fsp3) is 0.600. The van der Waals surface area contributed by atoms with Gasteiger partial charge < -0.3 is 10.5 Å². The summed E-state index contributed by atoms with van der Waals surface area (Å²) in [5.74, 6) is 0.783. The number of anilines is 1. The van der Waals surface area contributed by atoms with E-state index in [0.29, 0.717) is 6.61 Å². The molecule has 1 aromatic rings. The smallest absolute Gasteiger partial charge is 0.0720 e. The summed E-state index contributed by atoms with van der Waals surface area (Å²) in [6.45, 7) is 3.68. The molecule has 1 aliphatic rings. The minimum absolute atomic E-state index is 0.702. The van der Waals surface area contributed by atoms with Crippen molar-refractivity contribution in [2.45, 2.75) is 45.6 Å². The number of rotatable bonds is 4. The Labute approximate surface area is 104 Å². The van der Waals surface area contributed by atoms with E-state index in [4.69, 9.17) is 10.5 Å². The molecule has 2 rings (SSSR count). The lowest BCUT2D eigenvalue weighted by Gasteiger charge is -2.21. The predicted molar refractivity (Wildman–Crippen MR) is 71.8 cm³/mol. The molecule has 0 unspecified atom stereocenters. The van der Waals surface area contributed by atoms with Crippen LogP contribution in [-0.4, -0.2) is 6.61 Å². The van der Waals surface area contributed by atoms with E-state index in [0.717, 1.165) is 23.8 Å². The Kier molecular flexibility index (Phi) is 4.43. The summed E-state index contributed by atoms with van der Waals surface area (Å²) in [4.78, 5) is 0. The van der Waals surface area contributed by atoms with Crippen molar-refractivity contribution in [1.29, 1.82) is 0 Å². The van der Waals surface area contributed by atoms with Gasteiger partial charge in [0, 0.05) is 12.3 Å². The topological polar surface area (TPSA) is 35.2 Å². The summed E-state index contributed by atoms with van der Waals surface area (Å²) in [6.07, 6.45) is 6.85. The molecule has 0 saturated heterocycles. The molecule has 0 heterocycles. The molecule has 0 atom stereocenters. The summed E-state index contributed by atoms with van der Waals surface area (Å²) in [6, 6.07) is 6.05. The SMILES string of the molecule is Cc1c(N)cccc1COCC1CCCCC1. The van der Waals surface area contributed by atoms with Gasteiger partial charge in [0.25, 0.3) is 0 Å². The highest BCUT2D eigenvalue weighted by atomic mass is 16.5. The molecule has 2 nitrogen and oxygen atoms in total. The third-order valence-corrected chi connectivity index (χ3v) is 3.82. The van der Waals surface area contributed by atoms with Gasteiger partial charge in [0.2, 0.25) is 0 Å². The number of hydrogen-bond acceptors (Lipinski definition) is 2. The van der Waals surface area contributed by atoms with Crippen LogP contribution in [0.5, 0.6) is 0 Å². The Hall–Kier alpha value is -1.02. The van der Waals surface area contributed by atoms with Crippen LogP contribution in [0.4, 0.5) is 5.69 Å². The van der Waals surface area contributed by atoms with Crippen LogP contribution in [0.1, 0.15) is 43.2 Å². The highest BCUT2D eigenvalue weighted by Gasteiger charge is 2.13. The highest BCUT2D eigenvalue weighted by Crippen LogP contribution is 2.24. The van der Waals surface area contributed by atoms with Crippen LogP contribution < -0.4 is 5.73 Å². The molecule has 1 fully saturated rings. The van der Waals surface area contributed by atoms with Crippen LogP contribution in [0.2, 0.25) is 0 Å². The molecule has 0 bridgehead atoms. The quantitative estimate of drug-likeness (QED) is 0.805. The maximum absolute atomic E-state index is 5.88. The second kappa shape index (κ2) is 6.06. The molecule has 2 heteroatoms. The molecule has 0 amide bonds. The van der Waals surface area contributed by atoms with Crippen molar-refractivity contribution in [3.8, 4) is 0 Å². The van der Waals surface area contributed by atoms with Crippen molar-refractivity contribution >= 4 is 5.69 Å². The van der Waals surface area contributed by atoms with Gasteiger partial charge in [0.1, 0.15) is 0 Å². The molecule has 0 aromatic heterocycles. The number of nitrogens with two attached hydrogens (primary N) is 1. The van der Waals surface area contributed by atoms with E-state index < -0.39 is 0 Å². The lowest BCUT2D eigenvalue weighted by atomic mass is 9.90. The zero-order valence-corrected chi connectivity index (χ0v) is 10.7. The van der Waals surface area contributed by atoms with Crippen LogP contribution in [0, 0.1) is 12.8 Å². The van der Waals surface area contributed by atoms with Gasteiger partial charge in [-0.3, -0.25) is 0 Å². The number of hydrogen-bond donors (Lipinski definition) is 1. The maximum Gasteiger partial charge on any atom is 0.0720 e. The highest BCUT2D eigenvalue weighted by molar-refractivity contribution is 5.49. The fourth-order valence-electron chi connectivity index (χ4n) is 2.55. The molecular weight excluding hydrogens is 210 g/mol. The number of benzene rings is 1. The van der Waals surface area contributed by atoms with E-state index in [1.807, 2.05) is 12.1 Å². The average molecular weight is 233 g/mol. The molecule has 1 aromatic carbocycles. The van der Waals surface area contributed by atoms with Crippen LogP contribution in [-0.2, 0) is 11.3 Å². The van der Waals surface area contributed by atoms with Crippen LogP contribution >= 0.6 is 0 Å². The monoisotopic (exact) mass is 233 g/mol. The van der Waals surface area contributed by atoms with Crippen molar-refractivity contribution in [1.82, 2.24) is 0 Å². The van der Waals surface area contributed by atoms with Gasteiger partial charge in [0.15, 0.2) is 0 Å². The molecule has 17 heavy (non-hydrogen) atoms. The third kappa shape index (κ3) is 3.47. The van der Waals surface area contributed by atoms with Crippen molar-refractivity contribution in [2.75, 3.05) is 12.3 Å². The van der Waals surface area contributed by atoms with Crippen LogP contribution in [0.25, 0.3) is 0 Å². The third-order valence-electron chi connectivity index (χ3n) is 3.82. The normalized spacial score (nSPS) is 17.2. The zero-order chi connectivity index (χ0) is 12.1. The summed E-state index contributed by atoms with van der Waals surface area (Å²) in [5, 5.41) is 0. The fourth-order valence-corrected chi connectivity index (χ4v) is 2.55. The molecule has 94 valence electrons. The molecular formula is C15H23NO. The molecule has 0 spiro atoms. The van der Waals surface area contributed by atoms with Gasteiger partial charge in [-0.15, -0.1) is 0 Å². The first-order valence-corrected chi connectivity index (χ1v) is 6.69. The standard InChI is InChI=1S/C15H23NO/c1-12-14(8-5-9-15(12)16)11-17-10-13-6-3-2-4-7-13/h5,8-9,13H,2-4,6-7,10-11,16H2,1H3. The van der Waals surface area contributed by atoms with E-state index in [-0.39, 0.29) is 0 Å². The molecule has 1 aliphatic carbocycles.